The molecule has 0 saturated heterocycles. The fourth-order valence-corrected chi connectivity index (χ4v) is 3.98. The van der Waals surface area contributed by atoms with E-state index in [1.54, 1.807) is 18.3 Å². The number of nitrogens with zero attached hydrogens (tertiary/aromatic N) is 2. The molecule has 0 atom stereocenters. The highest BCUT2D eigenvalue weighted by Gasteiger charge is 2.19. The van der Waals surface area contributed by atoms with E-state index in [-0.39, 0.29) is 5.78 Å². The Hall–Kier alpha value is -0.780. The average molecular weight is 309 g/mol. The molecule has 118 valence electrons. The van der Waals surface area contributed by atoms with Crippen molar-refractivity contribution in [2.75, 3.05) is 20.1 Å². The molecule has 4 nitrogen and oxygen atoms in total. The Kier molecular flexibility index (Phi) is 6.33. The number of carbonyl (C=O) groups excluding carboxylic acids is 1. The molecule has 1 aromatic heterocycles. The quantitative estimate of drug-likeness (QED) is 0.853. The zero-order valence-corrected chi connectivity index (χ0v) is 14.0. The standard InChI is InChI=1S/C9H12N2OS.C7H15N/c1-6(12)9-10-7-3-4-11(2)5-8(7)13-9;8-6-7-4-2-1-3-5-7/h3-5H2,1-2H3;7H,1-6,8H2. The molecule has 1 aliphatic heterocycles. The molecular weight excluding hydrogens is 282 g/mol. The summed E-state index contributed by atoms with van der Waals surface area (Å²) in [6.07, 6.45) is 8.03. The van der Waals surface area contributed by atoms with Crippen molar-refractivity contribution < 1.29 is 4.79 Å². The molecule has 2 N–H and O–H groups in total. The fourth-order valence-electron chi connectivity index (χ4n) is 2.90. The van der Waals surface area contributed by atoms with Crippen LogP contribution in [-0.4, -0.2) is 35.8 Å². The van der Waals surface area contributed by atoms with Crippen LogP contribution in [0.5, 0.6) is 0 Å². The van der Waals surface area contributed by atoms with Crippen LogP contribution in [0.1, 0.15) is 59.4 Å². The number of hydrogen-bond donors (Lipinski definition) is 1. The molecule has 1 saturated carbocycles. The zero-order chi connectivity index (χ0) is 15.2. The molecule has 0 spiro atoms. The molecule has 0 aromatic carbocycles. The molecule has 2 aliphatic rings. The second-order valence-corrected chi connectivity index (χ2v) is 7.26. The van der Waals surface area contributed by atoms with Crippen molar-refractivity contribution in [3.63, 3.8) is 0 Å². The van der Waals surface area contributed by atoms with E-state index in [0.717, 1.165) is 37.7 Å². The number of Topliss-reactive ketones (excluding diaryl/α,β-unsaturated/α-hetero) is 1. The first-order valence-corrected chi connectivity index (χ1v) is 8.80. The minimum absolute atomic E-state index is 0.0852. The summed E-state index contributed by atoms with van der Waals surface area (Å²) in [4.78, 5) is 18.9. The van der Waals surface area contributed by atoms with Gasteiger partial charge in [0.25, 0.3) is 0 Å². The third-order valence-corrected chi connectivity index (χ3v) is 5.46. The molecule has 5 heteroatoms. The highest BCUT2D eigenvalue weighted by atomic mass is 32.1. The van der Waals surface area contributed by atoms with E-state index in [1.165, 1.54) is 37.0 Å². The van der Waals surface area contributed by atoms with Gasteiger partial charge in [0.05, 0.1) is 5.69 Å². The van der Waals surface area contributed by atoms with Crippen LogP contribution in [0.2, 0.25) is 0 Å². The molecule has 2 heterocycles. The fraction of sp³-hybridized carbons (Fsp3) is 0.750. The largest absolute Gasteiger partial charge is 0.330 e. The number of thiazole rings is 1. The summed E-state index contributed by atoms with van der Waals surface area (Å²) in [6.45, 7) is 4.49. The molecule has 1 aromatic rings. The van der Waals surface area contributed by atoms with Crippen LogP contribution >= 0.6 is 11.3 Å². The summed E-state index contributed by atoms with van der Waals surface area (Å²) in [7, 11) is 2.09. The SMILES string of the molecule is CC(=O)c1nc2c(s1)CN(C)CC2.NCC1CCCCC1. The third kappa shape index (κ3) is 4.87. The van der Waals surface area contributed by atoms with Crippen LogP contribution in [0.3, 0.4) is 0 Å². The zero-order valence-electron chi connectivity index (χ0n) is 13.2. The average Bonchev–Trinajstić information content (AvgIpc) is 2.92. The number of hydrogen-bond acceptors (Lipinski definition) is 5. The van der Waals surface area contributed by atoms with Crippen LogP contribution in [-0.2, 0) is 13.0 Å². The van der Waals surface area contributed by atoms with Gasteiger partial charge in [0.15, 0.2) is 10.8 Å². The first-order valence-electron chi connectivity index (χ1n) is 7.98. The molecule has 0 amide bonds. The topological polar surface area (TPSA) is 59.2 Å². The van der Waals surface area contributed by atoms with Crippen molar-refractivity contribution >= 4 is 17.1 Å². The summed E-state index contributed by atoms with van der Waals surface area (Å²) in [5.41, 5.74) is 6.64. The third-order valence-electron chi connectivity index (χ3n) is 4.28. The van der Waals surface area contributed by atoms with Crippen LogP contribution in [0, 0.1) is 5.92 Å². The molecule has 21 heavy (non-hydrogen) atoms. The van der Waals surface area contributed by atoms with E-state index >= 15 is 0 Å². The summed E-state index contributed by atoms with van der Waals surface area (Å²) < 4.78 is 0. The first-order chi connectivity index (χ1) is 10.1. The Morgan fingerprint density at radius 3 is 2.67 bits per heavy atom. The predicted molar refractivity (Wildman–Crippen MR) is 87.8 cm³/mol. The highest BCUT2D eigenvalue weighted by molar-refractivity contribution is 7.13. The van der Waals surface area contributed by atoms with Gasteiger partial charge < -0.3 is 10.6 Å². The summed E-state index contributed by atoms with van der Waals surface area (Å²) in [6, 6.07) is 0. The maximum Gasteiger partial charge on any atom is 0.188 e. The smallest absolute Gasteiger partial charge is 0.188 e. The van der Waals surface area contributed by atoms with Gasteiger partial charge in [-0.15, -0.1) is 11.3 Å². The van der Waals surface area contributed by atoms with Crippen molar-refractivity contribution in [1.82, 2.24) is 9.88 Å². The molecular formula is C16H27N3OS. The van der Waals surface area contributed by atoms with E-state index < -0.39 is 0 Å². The normalized spacial score (nSPS) is 19.6. The van der Waals surface area contributed by atoms with Gasteiger partial charge >= 0.3 is 0 Å². The Bertz CT molecular complexity index is 466. The predicted octanol–water partition coefficient (Wildman–Crippen LogP) is 2.86. The number of ketones is 1. The van der Waals surface area contributed by atoms with Gasteiger partial charge in [-0.05, 0) is 32.4 Å². The Morgan fingerprint density at radius 2 is 2.10 bits per heavy atom. The Balaban J connectivity index is 0.000000173. The van der Waals surface area contributed by atoms with Crippen molar-refractivity contribution in [2.45, 2.75) is 52.0 Å². The van der Waals surface area contributed by atoms with E-state index in [1.807, 2.05) is 0 Å². The van der Waals surface area contributed by atoms with Gasteiger partial charge in [-0.3, -0.25) is 4.79 Å². The Morgan fingerprint density at radius 1 is 1.38 bits per heavy atom. The van der Waals surface area contributed by atoms with E-state index in [2.05, 4.69) is 16.9 Å². The van der Waals surface area contributed by atoms with Gasteiger partial charge in [-0.1, -0.05) is 19.3 Å². The molecule has 0 unspecified atom stereocenters. The van der Waals surface area contributed by atoms with Crippen LogP contribution in [0.15, 0.2) is 0 Å². The van der Waals surface area contributed by atoms with Crippen molar-refractivity contribution in [1.29, 1.82) is 0 Å². The van der Waals surface area contributed by atoms with Gasteiger partial charge in [0.2, 0.25) is 0 Å². The van der Waals surface area contributed by atoms with Crippen LogP contribution < -0.4 is 5.73 Å². The summed E-state index contributed by atoms with van der Waals surface area (Å²) >= 11 is 1.54. The first kappa shape index (κ1) is 16.6. The number of aromatic nitrogens is 1. The van der Waals surface area contributed by atoms with Crippen molar-refractivity contribution in [3.05, 3.63) is 15.6 Å². The maximum absolute atomic E-state index is 11.1. The van der Waals surface area contributed by atoms with Gasteiger partial charge in [0.1, 0.15) is 0 Å². The minimum Gasteiger partial charge on any atom is -0.330 e. The summed E-state index contributed by atoms with van der Waals surface area (Å²) in [5, 5.41) is 0.667. The van der Waals surface area contributed by atoms with Crippen LogP contribution in [0.25, 0.3) is 0 Å². The monoisotopic (exact) mass is 309 g/mol. The Labute approximate surface area is 131 Å². The van der Waals surface area contributed by atoms with Gasteiger partial charge in [-0.2, -0.15) is 0 Å². The lowest BCUT2D eigenvalue weighted by atomic mass is 9.90. The molecule has 0 radical (unpaired) electrons. The highest BCUT2D eigenvalue weighted by Crippen LogP contribution is 2.24. The molecule has 3 rings (SSSR count). The van der Waals surface area contributed by atoms with Crippen LogP contribution in [0.4, 0.5) is 0 Å². The number of nitrogens with two attached hydrogens (primary N) is 1. The minimum atomic E-state index is 0.0852. The van der Waals surface area contributed by atoms with E-state index in [9.17, 15) is 4.79 Å². The van der Waals surface area contributed by atoms with E-state index in [4.69, 9.17) is 5.73 Å². The maximum atomic E-state index is 11.1. The van der Waals surface area contributed by atoms with E-state index in [0.29, 0.717) is 5.01 Å². The lowest BCUT2D eigenvalue weighted by Gasteiger charge is -2.20. The number of carbonyl (C=O) groups is 1. The number of rotatable bonds is 2. The van der Waals surface area contributed by atoms with Crippen molar-refractivity contribution in [2.24, 2.45) is 11.7 Å². The van der Waals surface area contributed by atoms with Gasteiger partial charge in [0, 0.05) is 31.3 Å². The molecule has 0 bridgehead atoms. The lowest BCUT2D eigenvalue weighted by Crippen LogP contribution is -2.25. The molecule has 1 fully saturated rings. The van der Waals surface area contributed by atoms with Gasteiger partial charge in [-0.25, -0.2) is 4.98 Å². The second kappa shape index (κ2) is 8.01. The number of likely N-dealkylation sites (N-methyl/N-ethyl adjacent to an activating group) is 1. The number of fused-ring (bicyclic) bond motifs is 1. The van der Waals surface area contributed by atoms with Crippen molar-refractivity contribution in [3.8, 4) is 0 Å². The molecule has 1 aliphatic carbocycles. The summed E-state index contributed by atoms with van der Waals surface area (Å²) in [5.74, 6) is 0.950. The second-order valence-electron chi connectivity index (χ2n) is 6.17. The lowest BCUT2D eigenvalue weighted by molar-refractivity contribution is 0.101.